The summed E-state index contributed by atoms with van der Waals surface area (Å²) in [6.07, 6.45) is 4.56. The minimum absolute atomic E-state index is 0.132. The molecule has 0 unspecified atom stereocenters. The van der Waals surface area contributed by atoms with Crippen molar-refractivity contribution in [3.8, 4) is 11.1 Å². The lowest BCUT2D eigenvalue weighted by Gasteiger charge is -2.18. The summed E-state index contributed by atoms with van der Waals surface area (Å²) in [5.41, 5.74) is 6.55. The van der Waals surface area contributed by atoms with Gasteiger partial charge in [0.05, 0.1) is 17.9 Å². The average Bonchev–Trinajstić information content (AvgIpc) is 2.70. The van der Waals surface area contributed by atoms with Crippen molar-refractivity contribution in [2.24, 2.45) is 0 Å². The molecule has 0 saturated heterocycles. The van der Waals surface area contributed by atoms with Crippen molar-refractivity contribution in [3.63, 3.8) is 0 Å². The Labute approximate surface area is 99.3 Å². The predicted molar refractivity (Wildman–Crippen MR) is 64.8 cm³/mol. The number of rotatable bonds is 1. The Bertz CT molecular complexity index is 540. The van der Waals surface area contributed by atoms with Crippen LogP contribution in [0.5, 0.6) is 0 Å². The summed E-state index contributed by atoms with van der Waals surface area (Å²) in [4.78, 5) is 3.70. The molecule has 0 aliphatic rings. The Hall–Kier alpha value is -1.91. The molecule has 2 heterocycles. The van der Waals surface area contributed by atoms with Gasteiger partial charge in [-0.15, -0.1) is 0 Å². The summed E-state index contributed by atoms with van der Waals surface area (Å²) in [6, 6.07) is 1.51. The van der Waals surface area contributed by atoms with E-state index < -0.39 is 5.82 Å². The summed E-state index contributed by atoms with van der Waals surface area (Å²) >= 11 is 0. The Morgan fingerprint density at radius 2 is 2.00 bits per heavy atom. The van der Waals surface area contributed by atoms with Crippen LogP contribution in [-0.4, -0.2) is 14.8 Å². The first-order valence-electron chi connectivity index (χ1n) is 5.34. The molecular formula is C12H15FN4. The van der Waals surface area contributed by atoms with Gasteiger partial charge in [-0.05, 0) is 26.8 Å². The third-order valence-electron chi connectivity index (χ3n) is 2.46. The van der Waals surface area contributed by atoms with E-state index >= 15 is 0 Å². The monoisotopic (exact) mass is 234 g/mol. The summed E-state index contributed by atoms with van der Waals surface area (Å²) in [6.45, 7) is 6.09. The molecule has 0 spiro atoms. The first kappa shape index (κ1) is 11.6. The fourth-order valence-corrected chi connectivity index (χ4v) is 1.50. The van der Waals surface area contributed by atoms with E-state index in [-0.39, 0.29) is 5.54 Å². The number of nitrogen functional groups attached to an aromatic ring is 1. The lowest BCUT2D eigenvalue weighted by molar-refractivity contribution is 0.355. The third-order valence-corrected chi connectivity index (χ3v) is 2.46. The maximum absolute atomic E-state index is 13.6. The summed E-state index contributed by atoms with van der Waals surface area (Å²) in [5, 5.41) is 4.22. The zero-order valence-corrected chi connectivity index (χ0v) is 10.1. The van der Waals surface area contributed by atoms with E-state index in [4.69, 9.17) is 5.73 Å². The zero-order chi connectivity index (χ0) is 12.6. The predicted octanol–water partition coefficient (Wildman–Crippen LogP) is 2.42. The third kappa shape index (κ3) is 2.27. The van der Waals surface area contributed by atoms with Crippen LogP contribution in [0.4, 0.5) is 10.2 Å². The van der Waals surface area contributed by atoms with Gasteiger partial charge < -0.3 is 5.73 Å². The average molecular weight is 234 g/mol. The van der Waals surface area contributed by atoms with E-state index in [1.807, 2.05) is 20.8 Å². The fourth-order valence-electron chi connectivity index (χ4n) is 1.50. The van der Waals surface area contributed by atoms with E-state index in [2.05, 4.69) is 10.1 Å². The van der Waals surface area contributed by atoms with Crippen molar-refractivity contribution in [3.05, 3.63) is 30.5 Å². The molecule has 0 aromatic carbocycles. The molecule has 2 aromatic heterocycles. The highest BCUT2D eigenvalue weighted by atomic mass is 19.1. The van der Waals surface area contributed by atoms with Gasteiger partial charge in [0.15, 0.2) is 0 Å². The van der Waals surface area contributed by atoms with E-state index in [0.29, 0.717) is 16.9 Å². The highest BCUT2D eigenvalue weighted by molar-refractivity contribution is 5.64. The van der Waals surface area contributed by atoms with Gasteiger partial charge in [-0.2, -0.15) is 5.10 Å². The Balaban J connectivity index is 2.47. The second-order valence-electron chi connectivity index (χ2n) is 4.93. The molecule has 17 heavy (non-hydrogen) atoms. The molecule has 2 aromatic rings. The normalized spacial score (nSPS) is 11.8. The smallest absolute Gasteiger partial charge is 0.149 e. The standard InChI is InChI=1S/C12H15FN4/c1-12(2,3)17-7-8(5-16-17)9-4-11(14)15-6-10(9)13/h4-7H,1-3H3,(H2,14,15). The quantitative estimate of drug-likeness (QED) is 0.824. The van der Waals surface area contributed by atoms with Gasteiger partial charge in [0.2, 0.25) is 0 Å². The molecule has 0 saturated carbocycles. The van der Waals surface area contributed by atoms with Gasteiger partial charge in [0.1, 0.15) is 11.6 Å². The number of hydrogen-bond acceptors (Lipinski definition) is 3. The van der Waals surface area contributed by atoms with Gasteiger partial charge in [-0.25, -0.2) is 9.37 Å². The number of halogens is 1. The molecule has 90 valence electrons. The topological polar surface area (TPSA) is 56.7 Å². The first-order valence-corrected chi connectivity index (χ1v) is 5.34. The highest BCUT2D eigenvalue weighted by Gasteiger charge is 2.16. The van der Waals surface area contributed by atoms with Crippen LogP contribution in [0.15, 0.2) is 24.7 Å². The number of hydrogen-bond donors (Lipinski definition) is 1. The largest absolute Gasteiger partial charge is 0.384 e. The van der Waals surface area contributed by atoms with E-state index in [9.17, 15) is 4.39 Å². The Kier molecular flexibility index (Phi) is 2.61. The molecular weight excluding hydrogens is 219 g/mol. The van der Waals surface area contributed by atoms with Crippen LogP contribution >= 0.6 is 0 Å². The maximum atomic E-state index is 13.6. The molecule has 4 nitrogen and oxygen atoms in total. The van der Waals surface area contributed by atoms with Gasteiger partial charge in [-0.3, -0.25) is 4.68 Å². The molecule has 0 radical (unpaired) electrons. The van der Waals surface area contributed by atoms with Crippen molar-refractivity contribution in [1.82, 2.24) is 14.8 Å². The highest BCUT2D eigenvalue weighted by Crippen LogP contribution is 2.25. The van der Waals surface area contributed by atoms with Crippen LogP contribution in [0.1, 0.15) is 20.8 Å². The molecule has 0 aliphatic heterocycles. The van der Waals surface area contributed by atoms with Gasteiger partial charge in [-0.1, -0.05) is 0 Å². The van der Waals surface area contributed by atoms with Gasteiger partial charge in [0.25, 0.3) is 0 Å². The molecule has 0 bridgehead atoms. The van der Waals surface area contributed by atoms with Gasteiger partial charge >= 0.3 is 0 Å². The molecule has 2 N–H and O–H groups in total. The zero-order valence-electron chi connectivity index (χ0n) is 10.1. The minimum Gasteiger partial charge on any atom is -0.384 e. The molecule has 0 aliphatic carbocycles. The van der Waals surface area contributed by atoms with Gasteiger partial charge in [0, 0.05) is 17.3 Å². The van der Waals surface area contributed by atoms with Crippen molar-refractivity contribution in [2.45, 2.75) is 26.3 Å². The lowest BCUT2D eigenvalue weighted by Crippen LogP contribution is -2.21. The SMILES string of the molecule is CC(C)(C)n1cc(-c2cc(N)ncc2F)cn1. The Morgan fingerprint density at radius 3 is 2.59 bits per heavy atom. The molecule has 0 fully saturated rings. The summed E-state index contributed by atoms with van der Waals surface area (Å²) in [5.74, 6) is -0.0995. The Morgan fingerprint density at radius 1 is 1.29 bits per heavy atom. The van der Waals surface area contributed by atoms with Crippen LogP contribution in [0.25, 0.3) is 11.1 Å². The summed E-state index contributed by atoms with van der Waals surface area (Å²) in [7, 11) is 0. The second-order valence-corrected chi connectivity index (χ2v) is 4.93. The molecule has 0 atom stereocenters. The van der Waals surface area contributed by atoms with E-state index in [1.165, 1.54) is 6.07 Å². The van der Waals surface area contributed by atoms with Crippen LogP contribution in [0.2, 0.25) is 0 Å². The van der Waals surface area contributed by atoms with Crippen molar-refractivity contribution in [2.75, 3.05) is 5.73 Å². The summed E-state index contributed by atoms with van der Waals surface area (Å²) < 4.78 is 15.4. The molecule has 5 heteroatoms. The van der Waals surface area contributed by atoms with E-state index in [0.717, 1.165) is 6.20 Å². The van der Waals surface area contributed by atoms with Crippen molar-refractivity contribution >= 4 is 5.82 Å². The fraction of sp³-hybridized carbons (Fsp3) is 0.333. The lowest BCUT2D eigenvalue weighted by atomic mass is 10.1. The van der Waals surface area contributed by atoms with Crippen LogP contribution < -0.4 is 5.73 Å². The van der Waals surface area contributed by atoms with Crippen LogP contribution in [-0.2, 0) is 5.54 Å². The number of nitrogens with two attached hydrogens (primary N) is 1. The number of nitrogens with zero attached hydrogens (tertiary/aromatic N) is 3. The minimum atomic E-state index is -0.396. The first-order chi connectivity index (χ1) is 7.88. The van der Waals surface area contributed by atoms with Crippen LogP contribution in [0.3, 0.4) is 0 Å². The molecule has 0 amide bonds. The molecule has 2 rings (SSSR count). The van der Waals surface area contributed by atoms with Crippen LogP contribution in [0, 0.1) is 5.82 Å². The maximum Gasteiger partial charge on any atom is 0.149 e. The number of aromatic nitrogens is 3. The van der Waals surface area contributed by atoms with E-state index in [1.54, 1.807) is 17.1 Å². The van der Waals surface area contributed by atoms with Crippen molar-refractivity contribution < 1.29 is 4.39 Å². The second kappa shape index (κ2) is 3.84. The number of anilines is 1. The number of pyridine rings is 1. The van der Waals surface area contributed by atoms with Crippen molar-refractivity contribution in [1.29, 1.82) is 0 Å².